The minimum Gasteiger partial charge on any atom is -0.482 e. The van der Waals surface area contributed by atoms with Crippen LogP contribution in [0.25, 0.3) is 0 Å². The second kappa shape index (κ2) is 4.44. The van der Waals surface area contributed by atoms with Gasteiger partial charge in [0.2, 0.25) is 5.90 Å². The van der Waals surface area contributed by atoms with E-state index in [-0.39, 0.29) is 17.7 Å². The summed E-state index contributed by atoms with van der Waals surface area (Å²) in [5.74, 6) is 0.192. The number of carbonyl (C=O) groups excluding carboxylic acids is 1. The molecule has 0 aromatic rings. The van der Waals surface area contributed by atoms with Gasteiger partial charge in [-0.15, -0.1) is 0 Å². The smallest absolute Gasteiger partial charge is 0.232 e. The maximum Gasteiger partial charge on any atom is 0.232 e. The fourth-order valence-electron chi connectivity index (χ4n) is 1.26. The lowest BCUT2D eigenvalue weighted by atomic mass is 9.66. The summed E-state index contributed by atoms with van der Waals surface area (Å²) in [7, 11) is 1.43. The molecule has 0 aliphatic rings. The van der Waals surface area contributed by atoms with Gasteiger partial charge in [0.05, 0.1) is 12.5 Å². The Kier molecular flexibility index (Phi) is 4.10. The van der Waals surface area contributed by atoms with E-state index >= 15 is 0 Å². The number of oxime groups is 1. The Hall–Kier alpha value is -1.06. The standard InChI is InChI=1S/C10H19NO3/c1-9(2,3)10(4,6-7-12)8(11-13)14-5/h7,13H,6H2,1-5H3. The van der Waals surface area contributed by atoms with Crippen molar-refractivity contribution in [1.82, 2.24) is 0 Å². The van der Waals surface area contributed by atoms with Crippen LogP contribution in [-0.2, 0) is 9.53 Å². The summed E-state index contributed by atoms with van der Waals surface area (Å²) < 4.78 is 4.98. The predicted octanol–water partition coefficient (Wildman–Crippen LogP) is 2.06. The van der Waals surface area contributed by atoms with Crippen LogP contribution >= 0.6 is 0 Å². The van der Waals surface area contributed by atoms with E-state index in [0.29, 0.717) is 0 Å². The summed E-state index contributed by atoms with van der Waals surface area (Å²) in [6.07, 6.45) is 1.08. The van der Waals surface area contributed by atoms with Gasteiger partial charge in [0.1, 0.15) is 6.29 Å². The van der Waals surface area contributed by atoms with E-state index in [9.17, 15) is 4.79 Å². The Morgan fingerprint density at radius 3 is 2.14 bits per heavy atom. The molecule has 0 rings (SSSR count). The normalized spacial score (nSPS) is 17.4. The third kappa shape index (κ3) is 2.25. The summed E-state index contributed by atoms with van der Waals surface area (Å²) in [6, 6.07) is 0. The van der Waals surface area contributed by atoms with Crippen molar-refractivity contribution >= 4 is 12.2 Å². The van der Waals surface area contributed by atoms with Crippen molar-refractivity contribution in [3.05, 3.63) is 0 Å². The molecule has 1 atom stereocenters. The molecule has 4 nitrogen and oxygen atoms in total. The van der Waals surface area contributed by atoms with E-state index in [0.717, 1.165) is 6.29 Å². The van der Waals surface area contributed by atoms with Gasteiger partial charge in [0, 0.05) is 6.42 Å². The zero-order valence-electron chi connectivity index (χ0n) is 9.50. The van der Waals surface area contributed by atoms with Gasteiger partial charge in [0.15, 0.2) is 0 Å². The predicted molar refractivity (Wildman–Crippen MR) is 54.5 cm³/mol. The van der Waals surface area contributed by atoms with Gasteiger partial charge in [-0.05, 0) is 12.3 Å². The summed E-state index contributed by atoms with van der Waals surface area (Å²) in [6.45, 7) is 7.77. The van der Waals surface area contributed by atoms with Crippen LogP contribution in [0.3, 0.4) is 0 Å². The molecule has 82 valence electrons. The maximum atomic E-state index is 10.6. The molecule has 0 aromatic carbocycles. The Balaban J connectivity index is 5.18. The fourth-order valence-corrected chi connectivity index (χ4v) is 1.26. The second-order valence-electron chi connectivity index (χ2n) is 4.56. The largest absolute Gasteiger partial charge is 0.482 e. The van der Waals surface area contributed by atoms with Gasteiger partial charge in [-0.3, -0.25) is 0 Å². The van der Waals surface area contributed by atoms with Crippen molar-refractivity contribution in [1.29, 1.82) is 0 Å². The van der Waals surface area contributed by atoms with Crippen LogP contribution < -0.4 is 0 Å². The van der Waals surface area contributed by atoms with Crippen LogP contribution in [0.5, 0.6) is 0 Å². The minimum absolute atomic E-state index is 0.192. The molecule has 14 heavy (non-hydrogen) atoms. The molecule has 0 heterocycles. The van der Waals surface area contributed by atoms with Gasteiger partial charge in [-0.2, -0.15) is 0 Å². The number of hydrogen-bond donors (Lipinski definition) is 1. The Labute approximate surface area is 84.9 Å². The van der Waals surface area contributed by atoms with Crippen molar-refractivity contribution in [2.45, 2.75) is 34.1 Å². The van der Waals surface area contributed by atoms with E-state index in [1.807, 2.05) is 27.7 Å². The lowest BCUT2D eigenvalue weighted by Crippen LogP contribution is -2.41. The Morgan fingerprint density at radius 2 is 1.93 bits per heavy atom. The summed E-state index contributed by atoms with van der Waals surface area (Å²) in [5, 5.41) is 11.9. The zero-order valence-corrected chi connectivity index (χ0v) is 9.50. The number of methoxy groups -OCH3 is 1. The van der Waals surface area contributed by atoms with Crippen molar-refractivity contribution in [2.75, 3.05) is 7.11 Å². The molecule has 0 aliphatic carbocycles. The first-order valence-electron chi connectivity index (χ1n) is 4.53. The molecule has 0 amide bonds. The number of ether oxygens (including phenoxy) is 1. The lowest BCUT2D eigenvalue weighted by molar-refractivity contribution is -0.110. The van der Waals surface area contributed by atoms with E-state index < -0.39 is 5.41 Å². The molecule has 0 bridgehead atoms. The third-order valence-corrected chi connectivity index (χ3v) is 2.90. The highest BCUT2D eigenvalue weighted by Crippen LogP contribution is 2.42. The van der Waals surface area contributed by atoms with Crippen LogP contribution in [0.1, 0.15) is 34.1 Å². The van der Waals surface area contributed by atoms with Crippen LogP contribution in [-0.4, -0.2) is 24.5 Å². The second-order valence-corrected chi connectivity index (χ2v) is 4.56. The quantitative estimate of drug-likeness (QED) is 0.250. The highest BCUT2D eigenvalue weighted by Gasteiger charge is 2.43. The van der Waals surface area contributed by atoms with E-state index in [1.54, 1.807) is 0 Å². The Morgan fingerprint density at radius 1 is 1.43 bits per heavy atom. The third-order valence-electron chi connectivity index (χ3n) is 2.90. The molecule has 4 heteroatoms. The van der Waals surface area contributed by atoms with E-state index in [4.69, 9.17) is 9.94 Å². The molecule has 0 aromatic heterocycles. The van der Waals surface area contributed by atoms with Crippen LogP contribution in [0.4, 0.5) is 0 Å². The van der Waals surface area contributed by atoms with E-state index in [2.05, 4.69) is 5.16 Å². The van der Waals surface area contributed by atoms with Gasteiger partial charge in [-0.25, -0.2) is 0 Å². The van der Waals surface area contributed by atoms with Crippen LogP contribution in [0.15, 0.2) is 5.16 Å². The Bertz CT molecular complexity index is 230. The van der Waals surface area contributed by atoms with Crippen molar-refractivity contribution in [3.8, 4) is 0 Å². The SMILES string of the molecule is COC(=NO)C(C)(CC=O)C(C)(C)C. The average molecular weight is 201 g/mol. The van der Waals surface area contributed by atoms with Gasteiger partial charge in [0.25, 0.3) is 0 Å². The fraction of sp³-hybridized carbons (Fsp3) is 0.800. The molecule has 0 saturated heterocycles. The molecule has 0 radical (unpaired) electrons. The van der Waals surface area contributed by atoms with Gasteiger partial charge in [-0.1, -0.05) is 25.9 Å². The average Bonchev–Trinajstić information content (AvgIpc) is 2.04. The number of carbonyl (C=O) groups is 1. The van der Waals surface area contributed by atoms with Crippen molar-refractivity contribution < 1.29 is 14.7 Å². The van der Waals surface area contributed by atoms with Crippen LogP contribution in [0, 0.1) is 10.8 Å². The van der Waals surface area contributed by atoms with Gasteiger partial charge < -0.3 is 14.7 Å². The van der Waals surface area contributed by atoms with E-state index in [1.165, 1.54) is 7.11 Å². The maximum absolute atomic E-state index is 10.6. The lowest BCUT2D eigenvalue weighted by Gasteiger charge is -2.39. The number of rotatable bonds is 3. The monoisotopic (exact) mass is 201 g/mol. The van der Waals surface area contributed by atoms with Crippen molar-refractivity contribution in [3.63, 3.8) is 0 Å². The first kappa shape index (κ1) is 12.9. The first-order chi connectivity index (χ1) is 6.33. The number of nitrogens with zero attached hydrogens (tertiary/aromatic N) is 1. The number of aldehydes is 1. The summed E-state index contributed by atoms with van der Waals surface area (Å²) in [5.41, 5.74) is -0.802. The zero-order chi connectivity index (χ0) is 11.4. The summed E-state index contributed by atoms with van der Waals surface area (Å²) in [4.78, 5) is 10.6. The topological polar surface area (TPSA) is 58.9 Å². The molecule has 0 spiro atoms. The molecule has 0 fully saturated rings. The number of hydrogen-bond acceptors (Lipinski definition) is 4. The first-order valence-corrected chi connectivity index (χ1v) is 4.53. The molecule has 0 aliphatic heterocycles. The molecule has 1 N–H and O–H groups in total. The highest BCUT2D eigenvalue weighted by atomic mass is 16.5. The van der Waals surface area contributed by atoms with Crippen molar-refractivity contribution in [2.24, 2.45) is 16.0 Å². The highest BCUT2D eigenvalue weighted by molar-refractivity contribution is 5.84. The summed E-state index contributed by atoms with van der Waals surface area (Å²) >= 11 is 0. The van der Waals surface area contributed by atoms with Gasteiger partial charge >= 0.3 is 0 Å². The molecule has 0 saturated carbocycles. The molecular formula is C10H19NO3. The van der Waals surface area contributed by atoms with Crippen LogP contribution in [0.2, 0.25) is 0 Å². The molecular weight excluding hydrogens is 182 g/mol. The molecule has 1 unspecified atom stereocenters. The minimum atomic E-state index is -0.585.